The molecule has 0 saturated carbocycles. The van der Waals surface area contributed by atoms with Crippen molar-refractivity contribution in [2.75, 3.05) is 4.90 Å². The highest BCUT2D eigenvalue weighted by atomic mass is 15.2. The Morgan fingerprint density at radius 3 is 1.30 bits per heavy atom. The third-order valence-corrected chi connectivity index (χ3v) is 20.3. The van der Waals surface area contributed by atoms with Gasteiger partial charge in [-0.3, -0.25) is 0 Å². The summed E-state index contributed by atoms with van der Waals surface area (Å²) in [7, 11) is 0. The molecule has 13 aromatic carbocycles. The van der Waals surface area contributed by atoms with E-state index in [1.807, 2.05) is 0 Å². The average Bonchev–Trinajstić information content (AvgIpc) is 1.40. The van der Waals surface area contributed by atoms with Gasteiger partial charge in [0.25, 0.3) is 6.71 Å². The summed E-state index contributed by atoms with van der Waals surface area (Å²) in [5, 5.41) is 10.2. The molecule has 0 amide bonds. The van der Waals surface area contributed by atoms with Crippen LogP contribution < -0.4 is 37.7 Å². The number of rotatable bonds is 4. The van der Waals surface area contributed by atoms with Gasteiger partial charge >= 0.3 is 0 Å². The lowest BCUT2D eigenvalue weighted by molar-refractivity contribution is 0.975. The van der Waals surface area contributed by atoms with Crippen LogP contribution in [-0.2, 0) is 0 Å². The van der Waals surface area contributed by atoms with Gasteiger partial charge in [-0.25, -0.2) is 0 Å². The summed E-state index contributed by atoms with van der Waals surface area (Å²) in [6, 6.07) is 106. The average molecular weight is 1090 g/mol. The second kappa shape index (κ2) is 16.4. The van der Waals surface area contributed by atoms with E-state index in [2.05, 4.69) is 302 Å². The maximum atomic E-state index is 2.65. The molecule has 0 fully saturated rings. The summed E-state index contributed by atoms with van der Waals surface area (Å²) in [5.74, 6) is 0.0246. The summed E-state index contributed by atoms with van der Waals surface area (Å²) in [5.41, 5.74) is 30.5. The molecular weight excluding hydrogens is 1040 g/mol. The van der Waals surface area contributed by atoms with Crippen molar-refractivity contribution in [1.29, 1.82) is 0 Å². The lowest BCUT2D eigenvalue weighted by Gasteiger charge is -2.40. The monoisotopic (exact) mass is 1090 g/mol. The van der Waals surface area contributed by atoms with Crippen molar-refractivity contribution < 1.29 is 0 Å². The first kappa shape index (κ1) is 45.5. The maximum absolute atomic E-state index is 2.65. The third-order valence-electron chi connectivity index (χ3n) is 20.3. The zero-order valence-corrected chi connectivity index (χ0v) is 46.5. The van der Waals surface area contributed by atoms with E-state index < -0.39 is 0 Å². The number of fused-ring (bicyclic) bond motifs is 20. The molecule has 0 bridgehead atoms. The SMILES string of the molecule is c1ccc(C2c3cc(-n4c5ccccc5c5ccccc54)ccc3B3c4c2cccc4-n2c4cc5c(cc4c4cccc3c42)c2cccc3c2n5-c2cccc4c2B3c2ccc(-n3c5ccccc5c5ccccc53)cc2N4c2ccccc2)cc1. The van der Waals surface area contributed by atoms with Crippen LogP contribution in [0.25, 0.3) is 110 Å². The van der Waals surface area contributed by atoms with Crippen LogP contribution in [0.3, 0.4) is 0 Å². The van der Waals surface area contributed by atoms with Crippen molar-refractivity contribution in [3.63, 3.8) is 0 Å². The zero-order valence-electron chi connectivity index (χ0n) is 46.5. The fourth-order valence-electron chi connectivity index (χ4n) is 17.0. The van der Waals surface area contributed by atoms with E-state index in [0.29, 0.717) is 0 Å². The number of hydrogen-bond donors (Lipinski definition) is 0. The topological polar surface area (TPSA) is 23.0 Å². The Balaban J connectivity index is 0.803. The van der Waals surface area contributed by atoms with Crippen LogP contribution in [0.2, 0.25) is 0 Å². The van der Waals surface area contributed by atoms with Crippen molar-refractivity contribution in [3.8, 4) is 22.7 Å². The molecule has 1 atom stereocenters. The lowest BCUT2D eigenvalue weighted by atomic mass is 9.31. The highest BCUT2D eigenvalue weighted by molar-refractivity contribution is 7.00. The molecule has 8 heterocycles. The van der Waals surface area contributed by atoms with Gasteiger partial charge in [-0.05, 0) is 135 Å². The Morgan fingerprint density at radius 2 is 0.709 bits per heavy atom. The fourth-order valence-corrected chi connectivity index (χ4v) is 17.0. The van der Waals surface area contributed by atoms with E-state index >= 15 is 0 Å². The summed E-state index contributed by atoms with van der Waals surface area (Å²) >= 11 is 0. The van der Waals surface area contributed by atoms with Crippen LogP contribution in [0.15, 0.2) is 279 Å². The molecule has 86 heavy (non-hydrogen) atoms. The lowest BCUT2D eigenvalue weighted by Crippen LogP contribution is -2.61. The van der Waals surface area contributed by atoms with Gasteiger partial charge in [0.15, 0.2) is 0 Å². The van der Waals surface area contributed by atoms with Gasteiger partial charge in [-0.2, -0.15) is 0 Å². The van der Waals surface area contributed by atoms with Crippen molar-refractivity contribution >= 4 is 150 Å². The summed E-state index contributed by atoms with van der Waals surface area (Å²) in [6.45, 7) is 0.0507. The zero-order chi connectivity index (χ0) is 55.6. The van der Waals surface area contributed by atoms with E-state index in [0.717, 1.165) is 11.4 Å². The Kier molecular flexibility index (Phi) is 8.68. The van der Waals surface area contributed by atoms with E-state index in [9.17, 15) is 0 Å². The molecule has 1 unspecified atom stereocenters. The first-order chi connectivity index (χ1) is 42.7. The molecule has 5 nitrogen and oxygen atoms in total. The van der Waals surface area contributed by atoms with Gasteiger partial charge in [0.05, 0.1) is 33.1 Å². The van der Waals surface area contributed by atoms with Gasteiger partial charge < -0.3 is 23.2 Å². The molecule has 394 valence electrons. The number of benzene rings is 13. The standard InChI is InChI=1S/C79H47B2N5/c1-3-19-47(20-4-1)75-57-29-17-36-69-76(57)80(61-41-39-49(43-60(61)75)83-65-32-11-7-23-51(65)52-24-8-12-33-66(52)83)63-30-15-27-55-58-45-59-56-28-16-31-64-79(56)86(73(59)46-72(58)85(69)78(55)63)71-38-18-37-70-77(71)81(64)62-42-40-50(44-74(62)82(70)48-21-5-2-6-22-48)84-67-34-13-9-25-53(67)54-26-10-14-35-68(54)84/h1-46,75H. The molecule has 4 aliphatic heterocycles. The first-order valence-corrected chi connectivity index (χ1v) is 30.2. The van der Waals surface area contributed by atoms with Crippen LogP contribution in [-0.4, -0.2) is 31.7 Å². The molecule has 0 radical (unpaired) electrons. The molecule has 0 N–H and O–H groups in total. The maximum Gasteiger partial charge on any atom is 0.252 e. The number of nitrogens with zero attached hydrogens (tertiary/aromatic N) is 5. The second-order valence-electron chi connectivity index (χ2n) is 24.2. The summed E-state index contributed by atoms with van der Waals surface area (Å²) in [6.07, 6.45) is 0. The van der Waals surface area contributed by atoms with Crippen LogP contribution in [0, 0.1) is 0 Å². The predicted molar refractivity (Wildman–Crippen MR) is 362 cm³/mol. The van der Waals surface area contributed by atoms with Crippen LogP contribution >= 0.6 is 0 Å². The van der Waals surface area contributed by atoms with Gasteiger partial charge in [0, 0.05) is 99.9 Å². The molecule has 0 aliphatic carbocycles. The van der Waals surface area contributed by atoms with Gasteiger partial charge in [-0.1, -0.05) is 194 Å². The molecular formula is C79H47B2N5. The molecule has 4 aliphatic rings. The van der Waals surface area contributed by atoms with Crippen LogP contribution in [0.4, 0.5) is 17.1 Å². The minimum atomic E-state index is 0.00682. The summed E-state index contributed by atoms with van der Waals surface area (Å²) in [4.78, 5) is 2.53. The smallest absolute Gasteiger partial charge is 0.252 e. The number of anilines is 3. The Labute approximate surface area is 495 Å². The number of hydrogen-bond acceptors (Lipinski definition) is 1. The van der Waals surface area contributed by atoms with E-state index in [1.165, 1.54) is 165 Å². The number of aromatic nitrogens is 4. The van der Waals surface area contributed by atoms with Crippen molar-refractivity contribution in [1.82, 2.24) is 18.3 Å². The highest BCUT2D eigenvalue weighted by Crippen LogP contribution is 2.47. The Hall–Kier alpha value is -11.0. The van der Waals surface area contributed by atoms with Crippen LogP contribution in [0.1, 0.15) is 22.6 Å². The van der Waals surface area contributed by atoms with Crippen molar-refractivity contribution in [2.24, 2.45) is 0 Å². The quantitative estimate of drug-likeness (QED) is 0.161. The normalized spacial score (nSPS) is 14.3. The fraction of sp³-hybridized carbons (Fsp3) is 0.0127. The van der Waals surface area contributed by atoms with Gasteiger partial charge in [-0.15, -0.1) is 0 Å². The summed E-state index contributed by atoms with van der Waals surface area (Å²) < 4.78 is 10.2. The Bertz CT molecular complexity index is 5420. The largest absolute Gasteiger partial charge is 0.311 e. The van der Waals surface area contributed by atoms with E-state index in [4.69, 9.17) is 0 Å². The van der Waals surface area contributed by atoms with E-state index in [-0.39, 0.29) is 19.3 Å². The predicted octanol–water partition coefficient (Wildman–Crippen LogP) is 15.0. The molecule has 17 aromatic rings. The van der Waals surface area contributed by atoms with Crippen molar-refractivity contribution in [3.05, 3.63) is 296 Å². The first-order valence-electron chi connectivity index (χ1n) is 30.2. The Morgan fingerprint density at radius 1 is 0.244 bits per heavy atom. The minimum Gasteiger partial charge on any atom is -0.311 e. The van der Waals surface area contributed by atoms with Gasteiger partial charge in [0.2, 0.25) is 6.71 Å². The molecule has 0 saturated heterocycles. The minimum absolute atomic E-state index is 0.00682. The molecule has 4 aromatic heterocycles. The molecule has 0 spiro atoms. The third kappa shape index (κ3) is 5.64. The number of para-hydroxylation sites is 7. The van der Waals surface area contributed by atoms with Gasteiger partial charge in [0.1, 0.15) is 0 Å². The molecule has 7 heteroatoms. The second-order valence-corrected chi connectivity index (χ2v) is 24.2. The highest BCUT2D eigenvalue weighted by Gasteiger charge is 2.45. The van der Waals surface area contributed by atoms with Crippen LogP contribution in [0.5, 0.6) is 0 Å². The molecule has 21 rings (SSSR count). The van der Waals surface area contributed by atoms with Crippen molar-refractivity contribution in [2.45, 2.75) is 5.92 Å². The van der Waals surface area contributed by atoms with E-state index in [1.54, 1.807) is 0 Å².